The first-order valence-electron chi connectivity index (χ1n) is 9.35. The lowest BCUT2D eigenvalue weighted by Crippen LogP contribution is -2.62. The van der Waals surface area contributed by atoms with Gasteiger partial charge in [-0.15, -0.1) is 0 Å². The molecule has 2 N–H and O–H groups in total. The van der Waals surface area contributed by atoms with Crippen LogP contribution in [0.15, 0.2) is 18.2 Å². The van der Waals surface area contributed by atoms with E-state index in [9.17, 15) is 4.79 Å². The number of benzene rings is 1. The van der Waals surface area contributed by atoms with Crippen molar-refractivity contribution in [1.82, 2.24) is 14.7 Å². The van der Waals surface area contributed by atoms with Gasteiger partial charge in [-0.1, -0.05) is 6.07 Å². The number of amides is 1. The van der Waals surface area contributed by atoms with Crippen LogP contribution < -0.4 is 15.2 Å². The zero-order valence-electron chi connectivity index (χ0n) is 15.8. The zero-order chi connectivity index (χ0) is 18.5. The highest BCUT2D eigenvalue weighted by atomic mass is 16.5. The fraction of sp³-hybridized carbons (Fsp3) is 0.632. The highest BCUT2D eigenvalue weighted by Gasteiger charge is 2.34. The van der Waals surface area contributed by atoms with E-state index in [-0.39, 0.29) is 5.91 Å². The fourth-order valence-electron chi connectivity index (χ4n) is 3.72. The average molecular weight is 362 g/mol. The van der Waals surface area contributed by atoms with Crippen molar-refractivity contribution in [3.63, 3.8) is 0 Å². The molecule has 7 heteroatoms. The molecule has 144 valence electrons. The summed E-state index contributed by atoms with van der Waals surface area (Å²) in [4.78, 5) is 20.0. The van der Waals surface area contributed by atoms with Gasteiger partial charge in [0, 0.05) is 45.3 Å². The predicted octanol–water partition coefficient (Wildman–Crippen LogP) is 0.495. The molecule has 0 bridgehead atoms. The fourth-order valence-corrected chi connectivity index (χ4v) is 3.72. The lowest BCUT2D eigenvalue weighted by Gasteiger charge is -2.46. The molecule has 0 aliphatic carbocycles. The van der Waals surface area contributed by atoms with Crippen LogP contribution in [-0.2, 0) is 0 Å². The van der Waals surface area contributed by atoms with Crippen LogP contribution in [0.5, 0.6) is 11.5 Å². The minimum atomic E-state index is 0.0134. The van der Waals surface area contributed by atoms with Gasteiger partial charge in [-0.25, -0.2) is 0 Å². The van der Waals surface area contributed by atoms with Gasteiger partial charge in [-0.05, 0) is 32.1 Å². The van der Waals surface area contributed by atoms with Crippen molar-refractivity contribution in [1.29, 1.82) is 0 Å². The van der Waals surface area contributed by atoms with E-state index < -0.39 is 0 Å². The molecule has 2 fully saturated rings. The minimum absolute atomic E-state index is 0.0134. The quantitative estimate of drug-likeness (QED) is 0.743. The van der Waals surface area contributed by atoms with Crippen molar-refractivity contribution in [3.8, 4) is 11.5 Å². The molecule has 1 aromatic rings. The molecule has 0 spiro atoms. The summed E-state index contributed by atoms with van der Waals surface area (Å²) in [5.74, 6) is 1.13. The Balaban J connectivity index is 1.76. The van der Waals surface area contributed by atoms with Gasteiger partial charge in [-0.3, -0.25) is 9.69 Å². The lowest BCUT2D eigenvalue weighted by molar-refractivity contribution is 0.0188. The summed E-state index contributed by atoms with van der Waals surface area (Å²) in [6, 6.07) is 5.88. The van der Waals surface area contributed by atoms with E-state index in [1.807, 2.05) is 23.1 Å². The van der Waals surface area contributed by atoms with Crippen molar-refractivity contribution >= 4 is 5.91 Å². The van der Waals surface area contributed by atoms with E-state index in [1.165, 1.54) is 0 Å². The van der Waals surface area contributed by atoms with E-state index in [2.05, 4.69) is 16.8 Å². The second kappa shape index (κ2) is 8.70. The molecule has 2 saturated heterocycles. The minimum Gasteiger partial charge on any atom is -0.493 e. The van der Waals surface area contributed by atoms with Gasteiger partial charge >= 0.3 is 0 Å². The van der Waals surface area contributed by atoms with Gasteiger partial charge in [0.25, 0.3) is 5.91 Å². The molecule has 1 atom stereocenters. The number of likely N-dealkylation sites (N-methyl/N-ethyl adjacent to an activating group) is 1. The van der Waals surface area contributed by atoms with Gasteiger partial charge < -0.3 is 25.0 Å². The summed E-state index contributed by atoms with van der Waals surface area (Å²) in [5.41, 5.74) is 6.12. The molecule has 0 radical (unpaired) electrons. The van der Waals surface area contributed by atoms with Gasteiger partial charge in [-0.2, -0.15) is 0 Å². The van der Waals surface area contributed by atoms with Crippen LogP contribution in [0, 0.1) is 0 Å². The number of para-hydroxylation sites is 1. The number of nitrogens with zero attached hydrogens (tertiary/aromatic N) is 3. The number of carbonyl (C=O) groups excluding carboxylic acids is 1. The Kier molecular flexibility index (Phi) is 6.34. The maximum Gasteiger partial charge on any atom is 0.257 e. The Morgan fingerprint density at radius 1 is 1.23 bits per heavy atom. The van der Waals surface area contributed by atoms with Crippen molar-refractivity contribution in [2.75, 3.05) is 66.6 Å². The van der Waals surface area contributed by atoms with E-state index >= 15 is 0 Å². The maximum atomic E-state index is 13.2. The molecule has 2 aliphatic heterocycles. The largest absolute Gasteiger partial charge is 0.493 e. The molecule has 0 aromatic heterocycles. The molecule has 0 saturated carbocycles. The number of carbonyl (C=O) groups is 1. The van der Waals surface area contributed by atoms with Crippen LogP contribution in [0.2, 0.25) is 0 Å². The third kappa shape index (κ3) is 4.11. The van der Waals surface area contributed by atoms with Gasteiger partial charge in [0.2, 0.25) is 0 Å². The smallest absolute Gasteiger partial charge is 0.257 e. The molecule has 2 heterocycles. The average Bonchev–Trinajstić information content (AvgIpc) is 2.67. The Labute approximate surface area is 155 Å². The monoisotopic (exact) mass is 362 g/mol. The van der Waals surface area contributed by atoms with Crippen LogP contribution in [0.25, 0.3) is 0 Å². The molecule has 1 unspecified atom stereocenters. The SMILES string of the molecule is COc1cccc(C(=O)N2CCN3CCN(C)CC3C2)c1OCCCN. The second-order valence-electron chi connectivity index (χ2n) is 7.03. The highest BCUT2D eigenvalue weighted by molar-refractivity contribution is 5.98. The summed E-state index contributed by atoms with van der Waals surface area (Å²) in [7, 11) is 3.74. The number of ether oxygens (including phenoxy) is 2. The Hall–Kier alpha value is -1.83. The van der Waals surface area contributed by atoms with Crippen LogP contribution in [0.4, 0.5) is 0 Å². The number of piperazine rings is 2. The summed E-state index contributed by atoms with van der Waals surface area (Å²) in [6.45, 7) is 6.63. The van der Waals surface area contributed by atoms with E-state index in [1.54, 1.807) is 7.11 Å². The van der Waals surface area contributed by atoms with Crippen LogP contribution in [-0.4, -0.2) is 93.2 Å². The van der Waals surface area contributed by atoms with E-state index in [0.29, 0.717) is 36.3 Å². The molecular formula is C19H30N4O3. The Bertz CT molecular complexity index is 625. The van der Waals surface area contributed by atoms with Crippen molar-refractivity contribution in [2.45, 2.75) is 12.5 Å². The summed E-state index contributed by atoms with van der Waals surface area (Å²) < 4.78 is 11.3. The molecular weight excluding hydrogens is 332 g/mol. The third-order valence-electron chi connectivity index (χ3n) is 5.21. The Morgan fingerprint density at radius 3 is 2.81 bits per heavy atom. The van der Waals surface area contributed by atoms with Crippen molar-refractivity contribution in [2.24, 2.45) is 5.73 Å². The Morgan fingerprint density at radius 2 is 2.04 bits per heavy atom. The number of nitrogens with two attached hydrogens (primary N) is 1. The molecule has 26 heavy (non-hydrogen) atoms. The van der Waals surface area contributed by atoms with Crippen molar-refractivity contribution < 1.29 is 14.3 Å². The van der Waals surface area contributed by atoms with Gasteiger partial charge in [0.15, 0.2) is 11.5 Å². The third-order valence-corrected chi connectivity index (χ3v) is 5.21. The van der Waals surface area contributed by atoms with Gasteiger partial charge in [0.1, 0.15) is 0 Å². The van der Waals surface area contributed by atoms with E-state index in [4.69, 9.17) is 15.2 Å². The number of rotatable bonds is 6. The topological polar surface area (TPSA) is 71.3 Å². The first-order valence-corrected chi connectivity index (χ1v) is 9.35. The number of hydrogen-bond acceptors (Lipinski definition) is 6. The first kappa shape index (κ1) is 18.9. The number of methoxy groups -OCH3 is 1. The molecule has 7 nitrogen and oxygen atoms in total. The second-order valence-corrected chi connectivity index (χ2v) is 7.03. The summed E-state index contributed by atoms with van der Waals surface area (Å²) in [6.07, 6.45) is 0.735. The van der Waals surface area contributed by atoms with Gasteiger partial charge in [0.05, 0.1) is 19.3 Å². The van der Waals surface area contributed by atoms with Crippen molar-refractivity contribution in [3.05, 3.63) is 23.8 Å². The number of hydrogen-bond donors (Lipinski definition) is 1. The zero-order valence-corrected chi connectivity index (χ0v) is 15.8. The predicted molar refractivity (Wildman–Crippen MR) is 101 cm³/mol. The molecule has 3 rings (SSSR count). The molecule has 1 amide bonds. The highest BCUT2D eigenvalue weighted by Crippen LogP contribution is 2.32. The lowest BCUT2D eigenvalue weighted by atomic mass is 10.1. The first-order chi connectivity index (χ1) is 12.6. The summed E-state index contributed by atoms with van der Waals surface area (Å²) >= 11 is 0. The summed E-state index contributed by atoms with van der Waals surface area (Å²) in [5, 5.41) is 0. The van der Waals surface area contributed by atoms with Crippen LogP contribution in [0.3, 0.4) is 0 Å². The number of fused-ring (bicyclic) bond motifs is 1. The maximum absolute atomic E-state index is 13.2. The molecule has 2 aliphatic rings. The standard InChI is InChI=1S/C19H30N4O3/c1-21-8-9-22-10-11-23(14-15(22)13-21)19(24)16-5-3-6-17(25-2)18(16)26-12-4-7-20/h3,5-6,15H,4,7-14,20H2,1-2H3. The van der Waals surface area contributed by atoms with Crippen LogP contribution >= 0.6 is 0 Å². The molecule has 1 aromatic carbocycles. The normalized spacial score (nSPS) is 21.3. The van der Waals surface area contributed by atoms with E-state index in [0.717, 1.165) is 45.7 Å². The van der Waals surface area contributed by atoms with Crippen LogP contribution in [0.1, 0.15) is 16.8 Å².